The Bertz CT molecular complexity index is 1330. The summed E-state index contributed by atoms with van der Waals surface area (Å²) in [6, 6.07) is 2.51. The molecule has 4 N–H and O–H groups in total. The van der Waals surface area contributed by atoms with E-state index in [9.17, 15) is 17.6 Å². The molecule has 0 amide bonds. The number of nitrogens with zero attached hydrogens (tertiary/aromatic N) is 4. The van der Waals surface area contributed by atoms with Crippen molar-refractivity contribution < 1.29 is 78.1 Å². The molecule has 0 radical (unpaired) electrons. The summed E-state index contributed by atoms with van der Waals surface area (Å²) in [6.45, 7) is 11.0. The molecule has 14 heteroatoms. The molecular formula is C28H37F5KN7O. The summed E-state index contributed by atoms with van der Waals surface area (Å²) >= 11 is 0. The predicted molar refractivity (Wildman–Crippen MR) is 150 cm³/mol. The van der Waals surface area contributed by atoms with Gasteiger partial charge in [-0.1, -0.05) is 13.8 Å². The van der Waals surface area contributed by atoms with Crippen LogP contribution in [0.25, 0.3) is 16.6 Å². The number of hydrogen-bond acceptors (Lipinski definition) is 6. The van der Waals surface area contributed by atoms with Gasteiger partial charge in [-0.2, -0.15) is 18.3 Å². The van der Waals surface area contributed by atoms with E-state index in [2.05, 4.69) is 26.0 Å². The normalized spacial score (nSPS) is 15.7. The first-order chi connectivity index (χ1) is 19.5. The van der Waals surface area contributed by atoms with Gasteiger partial charge in [-0.15, -0.1) is 13.1 Å². The SMILES string of the molecule is CC.CCn1ccc(CNc2c(F)c(-c3cc(N)c(F)c(C)c3C(F)(F)F)nc3c2C[N-]CCNCCC(C)O3)n1.[K+]. The molecule has 0 aliphatic carbocycles. The summed E-state index contributed by atoms with van der Waals surface area (Å²) in [7, 11) is 0. The van der Waals surface area contributed by atoms with Crippen LogP contribution in [-0.4, -0.2) is 40.5 Å². The first kappa shape index (κ1) is 36.4. The molecule has 1 unspecified atom stereocenters. The van der Waals surface area contributed by atoms with Crippen molar-refractivity contribution in [3.05, 3.63) is 57.7 Å². The third-order valence-corrected chi connectivity index (χ3v) is 6.49. The van der Waals surface area contributed by atoms with Crippen molar-refractivity contribution in [1.82, 2.24) is 20.1 Å². The standard InChI is InChI=1S/C26H31F5N7O.C2H6.K/c1-4-38-10-6-16(37-38)12-35-23-18-13-34-9-8-33-7-5-14(2)39-25(18)36-24(22(23)28)17-11-19(32)21(27)15(3)20(17)26(29,30)31;1-2;/h6,10-11,14,33H,4-5,7-9,12-13,32H2,1-3H3,(H,35,36);1-2H3;/q-1;;+1. The van der Waals surface area contributed by atoms with Crippen molar-refractivity contribution in [3.8, 4) is 17.1 Å². The number of rotatable bonds is 5. The van der Waals surface area contributed by atoms with Crippen LogP contribution >= 0.6 is 0 Å². The molecule has 1 atom stereocenters. The minimum atomic E-state index is -5.00. The fourth-order valence-corrected chi connectivity index (χ4v) is 4.44. The second-order valence-corrected chi connectivity index (χ2v) is 9.35. The summed E-state index contributed by atoms with van der Waals surface area (Å²) in [5.41, 5.74) is 2.45. The van der Waals surface area contributed by atoms with E-state index in [4.69, 9.17) is 10.5 Å². The molecule has 42 heavy (non-hydrogen) atoms. The molecule has 226 valence electrons. The number of nitrogens with one attached hydrogen (secondary N) is 2. The van der Waals surface area contributed by atoms with Crippen LogP contribution in [0.4, 0.5) is 33.3 Å². The zero-order chi connectivity index (χ0) is 30.3. The van der Waals surface area contributed by atoms with E-state index < -0.39 is 52.0 Å². The molecule has 2 aromatic heterocycles. The van der Waals surface area contributed by atoms with Crippen molar-refractivity contribution in [1.29, 1.82) is 0 Å². The number of benzene rings is 1. The zero-order valence-corrected chi connectivity index (χ0v) is 28.0. The number of fused-ring (bicyclic) bond motifs is 1. The maximum atomic E-state index is 16.3. The summed E-state index contributed by atoms with van der Waals surface area (Å²) in [5.74, 6) is -2.33. The summed E-state index contributed by atoms with van der Waals surface area (Å²) in [4.78, 5) is 4.24. The van der Waals surface area contributed by atoms with Crippen LogP contribution in [0, 0.1) is 18.6 Å². The number of aromatic nitrogens is 3. The average Bonchev–Trinajstić information content (AvgIpc) is 3.38. The Hall–Kier alpha value is -1.81. The second kappa shape index (κ2) is 16.3. The van der Waals surface area contributed by atoms with Gasteiger partial charge in [0.05, 0.1) is 35.3 Å². The summed E-state index contributed by atoms with van der Waals surface area (Å²) in [5, 5.41) is 15.0. The second-order valence-electron chi connectivity index (χ2n) is 9.35. The van der Waals surface area contributed by atoms with Crippen LogP contribution < -0.4 is 72.5 Å². The Morgan fingerprint density at radius 3 is 2.57 bits per heavy atom. The van der Waals surface area contributed by atoms with Crippen LogP contribution in [0.15, 0.2) is 18.3 Å². The summed E-state index contributed by atoms with van der Waals surface area (Å²) < 4.78 is 81.0. The van der Waals surface area contributed by atoms with Gasteiger partial charge in [0.2, 0.25) is 5.88 Å². The number of hydrogen-bond donors (Lipinski definition) is 3. The topological polar surface area (TPSA) is 104 Å². The van der Waals surface area contributed by atoms with Crippen molar-refractivity contribution >= 4 is 11.4 Å². The molecule has 0 spiro atoms. The average molecular weight is 622 g/mol. The number of alkyl halides is 3. The molecule has 8 nitrogen and oxygen atoms in total. The minimum Gasteiger partial charge on any atom is -0.657 e. The number of nitrogen functional groups attached to an aromatic ring is 1. The number of pyridine rings is 1. The molecular weight excluding hydrogens is 584 g/mol. The molecule has 3 heterocycles. The van der Waals surface area contributed by atoms with Crippen LogP contribution in [0.2, 0.25) is 0 Å². The smallest absolute Gasteiger partial charge is 0.657 e. The Balaban J connectivity index is 0.00000201. The maximum Gasteiger partial charge on any atom is 1.00 e. The van der Waals surface area contributed by atoms with E-state index >= 15 is 4.39 Å². The Morgan fingerprint density at radius 2 is 1.93 bits per heavy atom. The Morgan fingerprint density at radius 1 is 1.21 bits per heavy atom. The largest absolute Gasteiger partial charge is 1.00 e. The van der Waals surface area contributed by atoms with Gasteiger partial charge in [-0.05, 0) is 58.0 Å². The first-order valence-electron chi connectivity index (χ1n) is 13.7. The number of anilines is 2. The molecule has 1 aliphatic heterocycles. The Labute approximate surface area is 285 Å². The van der Waals surface area contributed by atoms with Crippen LogP contribution in [0.5, 0.6) is 5.88 Å². The van der Waals surface area contributed by atoms with Gasteiger partial charge in [0.25, 0.3) is 0 Å². The van der Waals surface area contributed by atoms with Crippen LogP contribution in [0.3, 0.4) is 0 Å². The minimum absolute atomic E-state index is 0. The fourth-order valence-electron chi connectivity index (χ4n) is 4.44. The zero-order valence-electron chi connectivity index (χ0n) is 24.9. The molecule has 0 saturated carbocycles. The van der Waals surface area contributed by atoms with Crippen molar-refractivity contribution in [3.63, 3.8) is 0 Å². The molecule has 0 bridgehead atoms. The van der Waals surface area contributed by atoms with Gasteiger partial charge in [-0.3, -0.25) is 4.68 Å². The summed E-state index contributed by atoms with van der Waals surface area (Å²) in [6.07, 6.45) is -3.06. The first-order valence-corrected chi connectivity index (χ1v) is 13.7. The molecule has 3 aromatic rings. The van der Waals surface area contributed by atoms with Crippen LogP contribution in [-0.2, 0) is 25.8 Å². The van der Waals surface area contributed by atoms with Gasteiger partial charge < -0.3 is 26.4 Å². The van der Waals surface area contributed by atoms with E-state index in [0.29, 0.717) is 38.3 Å². The van der Waals surface area contributed by atoms with Gasteiger partial charge >= 0.3 is 57.6 Å². The van der Waals surface area contributed by atoms with Crippen molar-refractivity contribution in [2.24, 2.45) is 0 Å². The van der Waals surface area contributed by atoms with Crippen molar-refractivity contribution in [2.75, 3.05) is 30.7 Å². The number of halogens is 5. The molecule has 1 aromatic carbocycles. The molecule has 0 saturated heterocycles. The predicted octanol–water partition coefficient (Wildman–Crippen LogP) is 3.43. The number of nitrogens with two attached hydrogens (primary N) is 1. The van der Waals surface area contributed by atoms with E-state index in [1.165, 1.54) is 0 Å². The van der Waals surface area contributed by atoms with E-state index in [-0.39, 0.29) is 81.6 Å². The van der Waals surface area contributed by atoms with Gasteiger partial charge in [0.1, 0.15) is 11.5 Å². The molecule has 0 fully saturated rings. The Kier molecular flexibility index (Phi) is 14.1. The molecule has 4 rings (SSSR count). The van der Waals surface area contributed by atoms with Crippen LogP contribution in [0.1, 0.15) is 56.5 Å². The third-order valence-electron chi connectivity index (χ3n) is 6.49. The number of aryl methyl sites for hydroxylation is 1. The van der Waals surface area contributed by atoms with Gasteiger partial charge in [0.15, 0.2) is 5.82 Å². The fraction of sp³-hybridized carbons (Fsp3) is 0.500. The van der Waals surface area contributed by atoms with E-state index in [0.717, 1.165) is 13.0 Å². The van der Waals surface area contributed by atoms with Crippen molar-refractivity contribution in [2.45, 2.75) is 73.0 Å². The third kappa shape index (κ3) is 8.64. The number of ether oxygens (including phenoxy) is 1. The van der Waals surface area contributed by atoms with Gasteiger partial charge in [-0.25, -0.2) is 13.8 Å². The van der Waals surface area contributed by atoms with E-state index in [1.807, 2.05) is 20.8 Å². The molecule has 1 aliphatic rings. The maximum absolute atomic E-state index is 16.3. The monoisotopic (exact) mass is 621 g/mol. The van der Waals surface area contributed by atoms with E-state index in [1.54, 1.807) is 23.9 Å². The quantitative estimate of drug-likeness (QED) is 0.229. The van der Waals surface area contributed by atoms with Gasteiger partial charge in [0, 0.05) is 23.9 Å².